The van der Waals surface area contributed by atoms with E-state index < -0.39 is 23.0 Å². The van der Waals surface area contributed by atoms with Gasteiger partial charge in [-0.2, -0.15) is 0 Å². The van der Waals surface area contributed by atoms with Crippen molar-refractivity contribution in [1.29, 1.82) is 0 Å². The Kier molecular flexibility index (Phi) is 6.57. The number of carbonyl (C=O) groups excluding carboxylic acids is 2. The van der Waals surface area contributed by atoms with Crippen LogP contribution in [0.2, 0.25) is 0 Å². The fourth-order valence-corrected chi connectivity index (χ4v) is 5.29. The molecule has 8 nitrogen and oxygen atoms in total. The molecule has 34 heavy (non-hydrogen) atoms. The maximum atomic E-state index is 13.7. The van der Waals surface area contributed by atoms with Crippen molar-refractivity contribution in [3.8, 4) is 11.5 Å². The Bertz CT molecular complexity index is 1100. The van der Waals surface area contributed by atoms with Crippen molar-refractivity contribution in [3.05, 3.63) is 53.6 Å². The summed E-state index contributed by atoms with van der Waals surface area (Å²) >= 11 is 1.20. The van der Waals surface area contributed by atoms with Crippen LogP contribution in [-0.4, -0.2) is 53.9 Å². The molecule has 3 atom stereocenters. The molecular weight excluding hydrogens is 466 g/mol. The molecule has 0 aliphatic carbocycles. The van der Waals surface area contributed by atoms with E-state index in [1.807, 2.05) is 18.2 Å². The minimum absolute atomic E-state index is 0.00276. The quantitative estimate of drug-likeness (QED) is 0.572. The first-order valence-corrected chi connectivity index (χ1v) is 12.0. The molecule has 3 heterocycles. The molecule has 0 spiro atoms. The van der Waals surface area contributed by atoms with Gasteiger partial charge in [0.2, 0.25) is 18.6 Å². The number of hydrogen-bond donors (Lipinski definition) is 3. The van der Waals surface area contributed by atoms with Crippen LogP contribution in [0.15, 0.2) is 36.4 Å². The second-order valence-electron chi connectivity index (χ2n) is 8.46. The highest BCUT2D eigenvalue weighted by Crippen LogP contribution is 2.33. The number of amides is 2. The van der Waals surface area contributed by atoms with Gasteiger partial charge in [-0.3, -0.25) is 19.8 Å². The zero-order valence-corrected chi connectivity index (χ0v) is 19.0. The second-order valence-corrected chi connectivity index (χ2v) is 9.56. The van der Waals surface area contributed by atoms with Crippen LogP contribution in [-0.2, 0) is 16.1 Å². The van der Waals surface area contributed by atoms with Gasteiger partial charge in [-0.15, -0.1) is 11.8 Å². The van der Waals surface area contributed by atoms with Crippen molar-refractivity contribution in [2.45, 2.75) is 24.5 Å². The minimum atomic E-state index is -0.709. The van der Waals surface area contributed by atoms with E-state index in [1.165, 1.54) is 11.8 Å². The van der Waals surface area contributed by atoms with Gasteiger partial charge in [0, 0.05) is 31.7 Å². The summed E-state index contributed by atoms with van der Waals surface area (Å²) in [6.45, 7) is 2.39. The number of ether oxygens (including phenoxy) is 2. The predicted molar refractivity (Wildman–Crippen MR) is 122 cm³/mol. The van der Waals surface area contributed by atoms with Crippen molar-refractivity contribution >= 4 is 29.3 Å². The number of thioether (sulfide) groups is 1. The van der Waals surface area contributed by atoms with Gasteiger partial charge in [-0.25, -0.2) is 8.78 Å². The monoisotopic (exact) mass is 490 g/mol. The normalized spacial score (nSPS) is 23.8. The van der Waals surface area contributed by atoms with E-state index in [0.29, 0.717) is 13.1 Å². The van der Waals surface area contributed by atoms with Crippen LogP contribution in [0.3, 0.4) is 0 Å². The van der Waals surface area contributed by atoms with Crippen LogP contribution in [0.5, 0.6) is 11.5 Å². The molecule has 3 aliphatic rings. The molecule has 0 radical (unpaired) electrons. The first-order chi connectivity index (χ1) is 16.4. The molecule has 2 saturated heterocycles. The molecule has 3 aliphatic heterocycles. The molecule has 2 fully saturated rings. The molecule has 5 rings (SSSR count). The third-order valence-electron chi connectivity index (χ3n) is 6.10. The first kappa shape index (κ1) is 22.9. The molecule has 3 unspecified atom stereocenters. The number of fused-ring (bicyclic) bond motifs is 2. The van der Waals surface area contributed by atoms with E-state index in [9.17, 15) is 18.4 Å². The lowest BCUT2D eigenvalue weighted by atomic mass is 9.89. The van der Waals surface area contributed by atoms with Crippen molar-refractivity contribution < 1.29 is 27.8 Å². The summed E-state index contributed by atoms with van der Waals surface area (Å²) in [7, 11) is 0. The van der Waals surface area contributed by atoms with Gasteiger partial charge in [-0.05, 0) is 36.2 Å². The molecule has 0 aromatic heterocycles. The van der Waals surface area contributed by atoms with Crippen molar-refractivity contribution in [2.24, 2.45) is 5.92 Å². The van der Waals surface area contributed by atoms with Crippen molar-refractivity contribution in [3.63, 3.8) is 0 Å². The summed E-state index contributed by atoms with van der Waals surface area (Å²) in [6.07, 6.45) is 0.792. The highest BCUT2D eigenvalue weighted by Gasteiger charge is 2.40. The van der Waals surface area contributed by atoms with Crippen LogP contribution in [0, 0.1) is 17.6 Å². The van der Waals surface area contributed by atoms with E-state index in [0.717, 1.165) is 48.2 Å². The number of halogens is 2. The summed E-state index contributed by atoms with van der Waals surface area (Å²) in [5.74, 6) is -0.623. The van der Waals surface area contributed by atoms with Crippen molar-refractivity contribution in [1.82, 2.24) is 15.5 Å². The molecular formula is C23H24F2N4O4S. The Labute approximate surface area is 199 Å². The van der Waals surface area contributed by atoms with Gasteiger partial charge in [-0.1, -0.05) is 6.07 Å². The van der Waals surface area contributed by atoms with Gasteiger partial charge in [0.25, 0.3) is 0 Å². The van der Waals surface area contributed by atoms with Gasteiger partial charge >= 0.3 is 0 Å². The highest BCUT2D eigenvalue weighted by molar-refractivity contribution is 8.00. The third-order valence-corrected chi connectivity index (χ3v) is 7.12. The maximum absolute atomic E-state index is 13.7. The second kappa shape index (κ2) is 9.77. The molecule has 2 amide bonds. The number of benzene rings is 2. The Hall–Kier alpha value is -2.89. The number of nitrogens with one attached hydrogen (secondary N) is 3. The lowest BCUT2D eigenvalue weighted by Crippen LogP contribution is -2.64. The summed E-state index contributed by atoms with van der Waals surface area (Å²) in [4.78, 5) is 27.2. The smallest absolute Gasteiger partial charge is 0.234 e. The summed E-state index contributed by atoms with van der Waals surface area (Å²) in [5.41, 5.74) is 0.458. The molecule has 0 saturated carbocycles. The number of anilines is 1. The number of piperidine rings is 1. The van der Waals surface area contributed by atoms with E-state index in [1.54, 1.807) is 0 Å². The lowest BCUT2D eigenvalue weighted by Gasteiger charge is -2.43. The fourth-order valence-electron chi connectivity index (χ4n) is 4.43. The van der Waals surface area contributed by atoms with Crippen LogP contribution < -0.4 is 25.4 Å². The molecule has 3 N–H and O–H groups in total. The Balaban J connectivity index is 1.11. The van der Waals surface area contributed by atoms with Crippen LogP contribution >= 0.6 is 11.8 Å². The zero-order chi connectivity index (χ0) is 23.7. The molecule has 2 aromatic rings. The zero-order valence-electron chi connectivity index (χ0n) is 18.2. The first-order valence-electron chi connectivity index (χ1n) is 11.0. The van der Waals surface area contributed by atoms with E-state index in [4.69, 9.17) is 9.47 Å². The van der Waals surface area contributed by atoms with Gasteiger partial charge in [0.05, 0.1) is 17.4 Å². The van der Waals surface area contributed by atoms with E-state index in [2.05, 4.69) is 20.9 Å². The number of rotatable bonds is 6. The number of likely N-dealkylation sites (tertiary alicyclic amines) is 1. The fraction of sp³-hybridized carbons (Fsp3) is 0.391. The largest absolute Gasteiger partial charge is 0.454 e. The number of carbonyl (C=O) groups is 2. The lowest BCUT2D eigenvalue weighted by molar-refractivity contribution is -0.130. The summed E-state index contributed by atoms with van der Waals surface area (Å²) in [5, 5.41) is 8.67. The topological polar surface area (TPSA) is 91.9 Å². The summed E-state index contributed by atoms with van der Waals surface area (Å²) < 4.78 is 37.8. The Morgan fingerprint density at radius 1 is 1.18 bits per heavy atom. The van der Waals surface area contributed by atoms with Gasteiger partial charge in [0.1, 0.15) is 17.1 Å². The Morgan fingerprint density at radius 2 is 2.03 bits per heavy atom. The van der Waals surface area contributed by atoms with Crippen LogP contribution in [0.25, 0.3) is 0 Å². The number of nitrogens with zero attached hydrogens (tertiary/aromatic N) is 1. The average Bonchev–Trinajstić information content (AvgIpc) is 3.28. The van der Waals surface area contributed by atoms with Gasteiger partial charge in [0.15, 0.2) is 11.5 Å². The molecule has 180 valence electrons. The standard InChI is InChI=1S/C23H24F2N4O4S/c24-14-2-3-16(25)18(8-14)26-21(30)11-34-23-27-17-5-6-29(10-15(17)22(31)28-23)9-13-1-4-19-20(7-13)33-12-32-19/h1-4,7-8,15,17,23,27H,5-6,9-12H2,(H,26,30)(H,28,31). The van der Waals surface area contributed by atoms with Crippen molar-refractivity contribution in [2.75, 3.05) is 31.0 Å². The minimum Gasteiger partial charge on any atom is -0.454 e. The van der Waals surface area contributed by atoms with E-state index in [-0.39, 0.29) is 36.1 Å². The van der Waals surface area contributed by atoms with Crippen LogP contribution in [0.4, 0.5) is 14.5 Å². The Morgan fingerprint density at radius 3 is 2.91 bits per heavy atom. The number of hydrogen-bond acceptors (Lipinski definition) is 7. The predicted octanol–water partition coefficient (Wildman–Crippen LogP) is 2.26. The highest BCUT2D eigenvalue weighted by atomic mass is 32.2. The molecule has 0 bridgehead atoms. The van der Waals surface area contributed by atoms with E-state index >= 15 is 0 Å². The average molecular weight is 491 g/mol. The van der Waals surface area contributed by atoms with Gasteiger partial charge < -0.3 is 20.1 Å². The third kappa shape index (κ3) is 5.11. The molecule has 11 heteroatoms. The SMILES string of the molecule is O=C(CSC1NC(=O)C2CN(Cc3ccc4c(c3)OCO4)CCC2N1)Nc1cc(F)ccc1F. The van der Waals surface area contributed by atoms with Crippen LogP contribution in [0.1, 0.15) is 12.0 Å². The molecule has 2 aromatic carbocycles. The summed E-state index contributed by atoms with van der Waals surface area (Å²) in [6, 6.07) is 8.76. The maximum Gasteiger partial charge on any atom is 0.234 e.